The Kier molecular flexibility index (Phi) is 6.11. The summed E-state index contributed by atoms with van der Waals surface area (Å²) >= 11 is 0. The second kappa shape index (κ2) is 8.70. The van der Waals surface area contributed by atoms with E-state index in [1.54, 1.807) is 35.2 Å². The summed E-state index contributed by atoms with van der Waals surface area (Å²) in [5, 5.41) is 8.15. The van der Waals surface area contributed by atoms with Crippen molar-refractivity contribution < 1.29 is 14.0 Å². The van der Waals surface area contributed by atoms with Crippen LogP contribution in [0, 0.1) is 5.82 Å². The Morgan fingerprint density at radius 1 is 0.963 bits per heavy atom. The molecule has 0 N–H and O–H groups in total. The summed E-state index contributed by atoms with van der Waals surface area (Å²) in [7, 11) is 0. The van der Waals surface area contributed by atoms with Crippen LogP contribution in [0.4, 0.5) is 4.39 Å². The van der Waals surface area contributed by atoms with Crippen LogP contribution < -0.4 is 0 Å². The first-order valence-electron chi connectivity index (χ1n) is 9.26. The molecule has 1 saturated heterocycles. The van der Waals surface area contributed by atoms with Gasteiger partial charge in [-0.1, -0.05) is 31.9 Å². The molecule has 0 spiro atoms. The summed E-state index contributed by atoms with van der Waals surface area (Å²) in [4.78, 5) is 27.7. The number of rotatable bonds is 7. The lowest BCUT2D eigenvalue weighted by atomic mass is 10.1. The van der Waals surface area contributed by atoms with Gasteiger partial charge in [0.05, 0.1) is 17.9 Å². The van der Waals surface area contributed by atoms with Crippen LogP contribution in [-0.2, 0) is 16.1 Å². The highest BCUT2D eigenvalue weighted by Crippen LogP contribution is 2.20. The number of aromatic nitrogens is 2. The fraction of sp³-hybridized carbons (Fsp3) is 0.400. The van der Waals surface area contributed by atoms with Gasteiger partial charge in [0, 0.05) is 25.2 Å². The van der Waals surface area contributed by atoms with E-state index in [9.17, 15) is 14.0 Å². The minimum atomic E-state index is -0.502. The van der Waals surface area contributed by atoms with Crippen LogP contribution >= 0.6 is 0 Å². The number of nitrogens with zero attached hydrogens (tertiary/aromatic N) is 4. The number of amides is 2. The number of hydrogen-bond donors (Lipinski definition) is 0. The topological polar surface area (TPSA) is 66.4 Å². The number of halogens is 1. The number of benzene rings is 1. The number of carbonyl (C=O) groups excluding carboxylic acids is 2. The van der Waals surface area contributed by atoms with Gasteiger partial charge in [-0.15, -0.1) is 0 Å². The van der Waals surface area contributed by atoms with Crippen molar-refractivity contribution in [1.29, 1.82) is 0 Å². The van der Waals surface area contributed by atoms with Crippen molar-refractivity contribution in [3.8, 4) is 11.3 Å². The zero-order valence-corrected chi connectivity index (χ0v) is 15.4. The van der Waals surface area contributed by atoms with Crippen LogP contribution in [-0.4, -0.2) is 51.4 Å². The second-order valence-electron chi connectivity index (χ2n) is 6.62. The van der Waals surface area contributed by atoms with Gasteiger partial charge in [-0.2, -0.15) is 10.2 Å². The summed E-state index contributed by atoms with van der Waals surface area (Å²) in [6.45, 7) is 3.97. The van der Waals surface area contributed by atoms with E-state index in [1.807, 2.05) is 0 Å². The fourth-order valence-corrected chi connectivity index (χ4v) is 3.08. The summed E-state index contributed by atoms with van der Waals surface area (Å²) in [6, 6.07) is 9.74. The monoisotopic (exact) mass is 370 g/mol. The Hall–Kier alpha value is -2.83. The first kappa shape index (κ1) is 18.9. The highest BCUT2D eigenvalue weighted by molar-refractivity contribution is 6.35. The Morgan fingerprint density at radius 2 is 1.70 bits per heavy atom. The molecule has 0 radical (unpaired) electrons. The molecule has 1 aliphatic heterocycles. The van der Waals surface area contributed by atoms with Gasteiger partial charge in [0.2, 0.25) is 0 Å². The minimum absolute atomic E-state index is 0.220. The Balaban J connectivity index is 1.62. The highest BCUT2D eigenvalue weighted by atomic mass is 19.1. The van der Waals surface area contributed by atoms with Crippen LogP contribution in [0.1, 0.15) is 31.9 Å². The molecule has 0 saturated carbocycles. The van der Waals surface area contributed by atoms with Crippen molar-refractivity contribution in [3.63, 3.8) is 0 Å². The molecular formula is C20H23FN4O2. The van der Waals surface area contributed by atoms with Gasteiger partial charge in [0.15, 0.2) is 0 Å². The molecule has 6 nitrogen and oxygen atoms in total. The third-order valence-corrected chi connectivity index (χ3v) is 4.65. The van der Waals surface area contributed by atoms with Crippen LogP contribution in [0.15, 0.2) is 36.4 Å². The van der Waals surface area contributed by atoms with Gasteiger partial charge in [-0.3, -0.25) is 9.59 Å². The average molecular weight is 370 g/mol. The molecule has 2 aromatic rings. The lowest BCUT2D eigenvalue weighted by molar-refractivity contribution is -0.156. The molecule has 1 fully saturated rings. The fourth-order valence-electron chi connectivity index (χ4n) is 3.08. The van der Waals surface area contributed by atoms with Crippen LogP contribution in [0.25, 0.3) is 11.3 Å². The predicted molar refractivity (Wildman–Crippen MR) is 98.9 cm³/mol. The van der Waals surface area contributed by atoms with Crippen LogP contribution in [0.2, 0.25) is 0 Å². The molecule has 2 heterocycles. The molecule has 142 valence electrons. The third-order valence-electron chi connectivity index (χ3n) is 4.65. The van der Waals surface area contributed by atoms with Gasteiger partial charge in [-0.25, -0.2) is 4.39 Å². The van der Waals surface area contributed by atoms with E-state index < -0.39 is 11.8 Å². The number of unbranched alkanes of at least 4 members (excludes halogenated alkanes) is 2. The number of hydrogen-bond acceptors (Lipinski definition) is 4. The second-order valence-corrected chi connectivity index (χ2v) is 6.62. The van der Waals surface area contributed by atoms with Crippen LogP contribution in [0.5, 0.6) is 0 Å². The zero-order chi connectivity index (χ0) is 19.2. The molecule has 1 aromatic carbocycles. The maximum absolute atomic E-state index is 13.8. The van der Waals surface area contributed by atoms with E-state index in [0.29, 0.717) is 36.6 Å². The SMILES string of the molecule is CCCCCN1CCN(Cc2ccc(-c3ccccc3F)nn2)C(=O)C1=O. The summed E-state index contributed by atoms with van der Waals surface area (Å²) in [5.74, 6) is -1.31. The summed E-state index contributed by atoms with van der Waals surface area (Å²) in [5.41, 5.74) is 1.37. The van der Waals surface area contributed by atoms with Crippen LogP contribution in [0.3, 0.4) is 0 Å². The quantitative estimate of drug-likeness (QED) is 0.555. The molecule has 7 heteroatoms. The van der Waals surface area contributed by atoms with Gasteiger partial charge >= 0.3 is 11.8 Å². The van der Waals surface area contributed by atoms with Crippen molar-refractivity contribution in [2.45, 2.75) is 32.7 Å². The van der Waals surface area contributed by atoms with Gasteiger partial charge in [0.25, 0.3) is 0 Å². The highest BCUT2D eigenvalue weighted by Gasteiger charge is 2.32. The zero-order valence-electron chi connectivity index (χ0n) is 15.4. The summed E-state index contributed by atoms with van der Waals surface area (Å²) < 4.78 is 13.8. The third kappa shape index (κ3) is 4.48. The first-order valence-corrected chi connectivity index (χ1v) is 9.26. The Morgan fingerprint density at radius 3 is 2.41 bits per heavy atom. The molecule has 1 aliphatic rings. The molecule has 3 rings (SSSR count). The largest absolute Gasteiger partial charge is 0.333 e. The molecule has 1 aromatic heterocycles. The molecule has 0 aliphatic carbocycles. The van der Waals surface area contributed by atoms with Crippen molar-refractivity contribution in [2.75, 3.05) is 19.6 Å². The van der Waals surface area contributed by atoms with E-state index in [4.69, 9.17) is 0 Å². The average Bonchev–Trinajstić information content (AvgIpc) is 2.68. The Bertz CT molecular complexity index is 810. The standard InChI is InChI=1S/C20H23FN4O2/c1-2-3-6-11-24-12-13-25(20(27)19(24)26)14-15-9-10-18(23-22-15)16-7-4-5-8-17(16)21/h4-5,7-10H,2-3,6,11-14H2,1H3. The number of carbonyl (C=O) groups is 2. The van der Waals surface area contributed by atoms with E-state index in [2.05, 4.69) is 17.1 Å². The molecule has 2 amide bonds. The maximum Gasteiger partial charge on any atom is 0.312 e. The molecule has 27 heavy (non-hydrogen) atoms. The van der Waals surface area contributed by atoms with E-state index in [1.165, 1.54) is 11.0 Å². The molecule has 0 bridgehead atoms. The van der Waals surface area contributed by atoms with E-state index >= 15 is 0 Å². The molecule has 0 atom stereocenters. The molecular weight excluding hydrogens is 347 g/mol. The van der Waals surface area contributed by atoms with Crippen molar-refractivity contribution in [2.24, 2.45) is 0 Å². The smallest absolute Gasteiger partial charge is 0.312 e. The predicted octanol–water partition coefficient (Wildman–Crippen LogP) is 2.64. The lowest BCUT2D eigenvalue weighted by Crippen LogP contribution is -2.54. The number of piperazine rings is 1. The van der Waals surface area contributed by atoms with E-state index in [0.717, 1.165) is 19.3 Å². The maximum atomic E-state index is 13.8. The van der Waals surface area contributed by atoms with Crippen molar-refractivity contribution in [1.82, 2.24) is 20.0 Å². The lowest BCUT2D eigenvalue weighted by Gasteiger charge is -2.33. The van der Waals surface area contributed by atoms with Gasteiger partial charge in [0.1, 0.15) is 5.82 Å². The van der Waals surface area contributed by atoms with Crippen molar-refractivity contribution >= 4 is 11.8 Å². The van der Waals surface area contributed by atoms with Crippen molar-refractivity contribution in [3.05, 3.63) is 47.9 Å². The van der Waals surface area contributed by atoms with Gasteiger partial charge < -0.3 is 9.80 Å². The normalized spacial score (nSPS) is 14.7. The van der Waals surface area contributed by atoms with Gasteiger partial charge in [-0.05, 0) is 30.7 Å². The Labute approximate surface area is 158 Å². The molecule has 0 unspecified atom stereocenters. The first-order chi connectivity index (χ1) is 13.1. The minimum Gasteiger partial charge on any atom is -0.333 e. The van der Waals surface area contributed by atoms with E-state index in [-0.39, 0.29) is 12.4 Å². The summed E-state index contributed by atoms with van der Waals surface area (Å²) in [6.07, 6.45) is 3.04.